The van der Waals surface area contributed by atoms with E-state index in [0.717, 1.165) is 57.8 Å². The zero-order valence-corrected chi connectivity index (χ0v) is 40.0. The van der Waals surface area contributed by atoms with Gasteiger partial charge in [0.25, 0.3) is 0 Å². The number of aliphatic hydroxyl groups excluding tert-OH is 5. The molecule has 0 aromatic carbocycles. The van der Waals surface area contributed by atoms with Gasteiger partial charge in [-0.25, -0.2) is 4.57 Å². The number of hydrogen-bond acceptors (Lipinski definition) is 13. The standard InChI is InChI=1S/C51H79O14P/c1-3-5-7-8-9-10-11-12-13-14-15-16-17-18-19-23-26-29-33-37-44(52)61-39-41(40-62-66(59,60)65-51-49(57)47(55)46(54)48(56)50(51)58)63-45(53)38-34-30-27-24-21-20-22-25-28-32-36-43-42(64-43)35-31-6-4-2/h5,7,9-10,12-13,15-16,18-20,22,24,26-29,32,41-43,46-51,54-58H,3-4,6,8,11,14,17,21,23,25,30-31,33-40H2,1-2H3,(H,59,60)/b7-5-,10-9-,13-12-,16-15-,19-18-,22-20-,27-24-,29-26-,32-28-/t41-,42?,43?,46?,47-,48+,49-,50-,51?/m1/s1. The summed E-state index contributed by atoms with van der Waals surface area (Å²) in [5.74, 6) is -1.28. The molecule has 0 aromatic heterocycles. The Morgan fingerprint density at radius 3 is 1.58 bits per heavy atom. The maximum atomic E-state index is 12.8. The summed E-state index contributed by atoms with van der Waals surface area (Å²) in [7, 11) is -5.16. The zero-order valence-electron chi connectivity index (χ0n) is 39.1. The van der Waals surface area contributed by atoms with Crippen molar-refractivity contribution in [3.05, 3.63) is 109 Å². The largest absolute Gasteiger partial charge is 0.472 e. The van der Waals surface area contributed by atoms with Crippen LogP contribution in [0.5, 0.6) is 0 Å². The summed E-state index contributed by atoms with van der Waals surface area (Å²) in [6.45, 7) is 3.02. The van der Waals surface area contributed by atoms with Gasteiger partial charge >= 0.3 is 19.8 Å². The highest BCUT2D eigenvalue weighted by molar-refractivity contribution is 7.47. The molecule has 1 heterocycles. The van der Waals surface area contributed by atoms with Crippen LogP contribution in [0.25, 0.3) is 0 Å². The number of carbonyl (C=O) groups is 2. The Hall–Kier alpha value is -3.53. The molecular formula is C51H79O14P. The van der Waals surface area contributed by atoms with E-state index in [9.17, 15) is 44.6 Å². The maximum Gasteiger partial charge on any atom is 0.472 e. The topological polar surface area (TPSA) is 222 Å². The molecule has 0 aromatic rings. The zero-order chi connectivity index (χ0) is 48.3. The minimum Gasteiger partial charge on any atom is -0.462 e. The lowest BCUT2D eigenvalue weighted by molar-refractivity contribution is -0.220. The van der Waals surface area contributed by atoms with Crippen LogP contribution in [0.1, 0.15) is 129 Å². The second-order valence-corrected chi connectivity index (χ2v) is 17.7. The minimum absolute atomic E-state index is 0.00583. The predicted molar refractivity (Wildman–Crippen MR) is 257 cm³/mol. The van der Waals surface area contributed by atoms with E-state index in [-0.39, 0.29) is 12.8 Å². The highest BCUT2D eigenvalue weighted by Gasteiger charge is 2.51. The number of esters is 2. The van der Waals surface area contributed by atoms with Gasteiger partial charge in [-0.3, -0.25) is 18.6 Å². The Labute approximate surface area is 393 Å². The van der Waals surface area contributed by atoms with E-state index in [1.807, 2.05) is 30.4 Å². The molecule has 66 heavy (non-hydrogen) atoms. The summed E-state index contributed by atoms with van der Waals surface area (Å²) < 4.78 is 39.1. The molecule has 372 valence electrons. The number of ether oxygens (including phenoxy) is 3. The number of rotatable bonds is 36. The fourth-order valence-corrected chi connectivity index (χ4v) is 7.61. The molecule has 15 heteroatoms. The molecule has 2 rings (SSSR count). The monoisotopic (exact) mass is 947 g/mol. The van der Waals surface area contributed by atoms with Gasteiger partial charge < -0.3 is 44.6 Å². The quantitative estimate of drug-likeness (QED) is 0.0114. The minimum atomic E-state index is -5.16. The molecule has 14 nitrogen and oxygen atoms in total. The van der Waals surface area contributed by atoms with Crippen LogP contribution in [0.4, 0.5) is 0 Å². The molecule has 5 unspecified atom stereocenters. The van der Waals surface area contributed by atoms with E-state index in [0.29, 0.717) is 37.9 Å². The van der Waals surface area contributed by atoms with E-state index in [2.05, 4.69) is 92.8 Å². The summed E-state index contributed by atoms with van der Waals surface area (Å²) in [5.41, 5.74) is 0. The maximum absolute atomic E-state index is 12.8. The van der Waals surface area contributed by atoms with Crippen LogP contribution in [0, 0.1) is 0 Å². The van der Waals surface area contributed by atoms with Crippen molar-refractivity contribution in [3.63, 3.8) is 0 Å². The summed E-state index contributed by atoms with van der Waals surface area (Å²) in [5, 5.41) is 50.2. The number of hydrogen-bond donors (Lipinski definition) is 6. The van der Waals surface area contributed by atoms with Gasteiger partial charge in [0.05, 0.1) is 18.8 Å². The summed E-state index contributed by atoms with van der Waals surface area (Å²) in [6.07, 6.45) is 39.0. The molecule has 1 saturated carbocycles. The third kappa shape index (κ3) is 28.0. The second kappa shape index (κ2) is 36.5. The van der Waals surface area contributed by atoms with Crippen LogP contribution in [-0.4, -0.2) is 111 Å². The van der Waals surface area contributed by atoms with Crippen molar-refractivity contribution in [2.45, 2.75) is 184 Å². The van der Waals surface area contributed by atoms with Crippen molar-refractivity contribution < 1.29 is 67.8 Å². The number of epoxide rings is 1. The van der Waals surface area contributed by atoms with Crippen molar-refractivity contribution in [3.8, 4) is 0 Å². The van der Waals surface area contributed by atoms with E-state index >= 15 is 0 Å². The van der Waals surface area contributed by atoms with Gasteiger partial charge in [0.2, 0.25) is 0 Å². The van der Waals surface area contributed by atoms with Crippen molar-refractivity contribution in [1.29, 1.82) is 0 Å². The lowest BCUT2D eigenvalue weighted by atomic mass is 9.85. The average molecular weight is 947 g/mol. The van der Waals surface area contributed by atoms with Crippen molar-refractivity contribution in [2.75, 3.05) is 13.2 Å². The molecule has 1 saturated heterocycles. The molecule has 2 aliphatic rings. The van der Waals surface area contributed by atoms with Gasteiger partial charge in [-0.2, -0.15) is 0 Å². The van der Waals surface area contributed by atoms with Crippen LogP contribution in [0.2, 0.25) is 0 Å². The average Bonchev–Trinajstić information content (AvgIpc) is 4.06. The highest BCUT2D eigenvalue weighted by Crippen LogP contribution is 2.47. The molecule has 0 bridgehead atoms. The van der Waals surface area contributed by atoms with Gasteiger partial charge in [0.15, 0.2) is 6.10 Å². The van der Waals surface area contributed by atoms with Gasteiger partial charge in [0.1, 0.15) is 43.2 Å². The summed E-state index contributed by atoms with van der Waals surface area (Å²) in [4.78, 5) is 35.7. The number of carbonyl (C=O) groups excluding carboxylic acids is 2. The Balaban J connectivity index is 1.76. The molecule has 6 N–H and O–H groups in total. The van der Waals surface area contributed by atoms with Crippen LogP contribution < -0.4 is 0 Å². The second-order valence-electron chi connectivity index (χ2n) is 16.3. The first-order valence-corrected chi connectivity index (χ1v) is 25.3. The lowest BCUT2D eigenvalue weighted by Crippen LogP contribution is -2.64. The number of aliphatic hydroxyl groups is 5. The van der Waals surface area contributed by atoms with Crippen molar-refractivity contribution in [1.82, 2.24) is 0 Å². The van der Waals surface area contributed by atoms with Gasteiger partial charge in [-0.1, -0.05) is 142 Å². The SMILES string of the molecule is CC/C=C\C/C=C\C/C=C\C/C=C\C/C=C\C/C=C\CCC(=O)OC[C@H](COP(=O)(O)OC1[C@H](O)[C@H](O)C(O)[C@H](O)[C@H]1O)OC(=O)CCC/C=C\C/C=C\C/C=C\CC1OC1CCCCC. The van der Waals surface area contributed by atoms with Gasteiger partial charge in [0, 0.05) is 12.8 Å². The van der Waals surface area contributed by atoms with Gasteiger partial charge in [-0.15, -0.1) is 0 Å². The molecule has 0 radical (unpaired) electrons. The summed E-state index contributed by atoms with van der Waals surface area (Å²) >= 11 is 0. The molecular weight excluding hydrogens is 868 g/mol. The Morgan fingerprint density at radius 2 is 1.05 bits per heavy atom. The van der Waals surface area contributed by atoms with E-state index < -0.39 is 75.7 Å². The Morgan fingerprint density at radius 1 is 0.561 bits per heavy atom. The lowest BCUT2D eigenvalue weighted by Gasteiger charge is -2.41. The van der Waals surface area contributed by atoms with E-state index in [4.69, 9.17) is 23.3 Å². The summed E-state index contributed by atoms with van der Waals surface area (Å²) in [6, 6.07) is 0. The first-order valence-electron chi connectivity index (χ1n) is 23.8. The fraction of sp³-hybridized carbons (Fsp3) is 0.608. The third-order valence-corrected chi connectivity index (χ3v) is 11.5. The smallest absolute Gasteiger partial charge is 0.462 e. The van der Waals surface area contributed by atoms with Crippen LogP contribution in [0.15, 0.2) is 109 Å². The third-order valence-electron chi connectivity index (χ3n) is 10.5. The fourth-order valence-electron chi connectivity index (χ4n) is 6.63. The van der Waals surface area contributed by atoms with E-state index in [1.165, 1.54) is 19.3 Å². The molecule has 0 amide bonds. The first-order chi connectivity index (χ1) is 31.9. The molecule has 0 spiro atoms. The van der Waals surface area contributed by atoms with Crippen LogP contribution in [-0.2, 0) is 37.4 Å². The van der Waals surface area contributed by atoms with E-state index in [1.54, 1.807) is 0 Å². The first kappa shape index (κ1) is 58.6. The van der Waals surface area contributed by atoms with Gasteiger partial charge in [-0.05, 0) is 83.5 Å². The number of allylic oxidation sites excluding steroid dienone is 17. The molecule has 2 fully saturated rings. The number of phosphoric ester groups is 1. The van der Waals surface area contributed by atoms with Crippen LogP contribution in [0.3, 0.4) is 0 Å². The highest BCUT2D eigenvalue weighted by atomic mass is 31.2. The predicted octanol–water partition coefficient (Wildman–Crippen LogP) is 8.60. The molecule has 10 atom stereocenters. The normalized spacial score (nSPS) is 25.3. The van der Waals surface area contributed by atoms with Crippen LogP contribution >= 0.6 is 7.82 Å². The molecule has 1 aliphatic carbocycles. The van der Waals surface area contributed by atoms with Crippen molar-refractivity contribution in [2.24, 2.45) is 0 Å². The number of unbranched alkanes of at least 4 members (excludes halogenated alkanes) is 3. The molecule has 1 aliphatic heterocycles. The number of phosphoric acid groups is 1. The van der Waals surface area contributed by atoms with Crippen molar-refractivity contribution >= 4 is 19.8 Å². The Bertz CT molecular complexity index is 1630. The Kier molecular flexibility index (Phi) is 32.4.